The highest BCUT2D eigenvalue weighted by molar-refractivity contribution is 6.02. The SMILES string of the molecule is N[C@H](CF)C1CCC(C(=O)N2CC[C@@H](c3ccccc3)[C@H]2C(=O)Nc2ccc3c(c2)cc2n3C(CF)(CF)OC2=O)CC1. The lowest BCUT2D eigenvalue weighted by molar-refractivity contribution is -0.141. The number of aromatic nitrogens is 1. The van der Waals surface area contributed by atoms with Gasteiger partial charge < -0.3 is 20.7 Å². The number of nitrogens with one attached hydrogen (secondary N) is 1. The van der Waals surface area contributed by atoms with Crippen molar-refractivity contribution >= 4 is 34.4 Å². The van der Waals surface area contributed by atoms with Crippen LogP contribution < -0.4 is 11.1 Å². The zero-order chi connectivity index (χ0) is 30.3. The standard InChI is InChI=1S/C32H35F3N4O4/c33-16-25(36)20-6-8-21(9-7-20)30(41)38-13-12-24(19-4-2-1-3-5-19)28(38)29(40)37-23-10-11-26-22(14-23)15-27-31(42)43-32(17-34,18-35)39(26)27/h1-5,10-11,14-15,20-21,24-25,28H,6-9,12-13,16-18,36H2,(H,37,40)/t20?,21?,24-,25+,28-/m0/s1. The molecule has 0 radical (unpaired) electrons. The zero-order valence-electron chi connectivity index (χ0n) is 23.7. The number of halogens is 3. The molecule has 2 aromatic carbocycles. The van der Waals surface area contributed by atoms with Gasteiger partial charge in [-0.3, -0.25) is 14.2 Å². The molecule has 1 saturated heterocycles. The van der Waals surface area contributed by atoms with Crippen molar-refractivity contribution in [2.24, 2.45) is 17.6 Å². The molecule has 8 nitrogen and oxygen atoms in total. The van der Waals surface area contributed by atoms with E-state index < -0.39 is 43.8 Å². The number of fused-ring (bicyclic) bond motifs is 3. The van der Waals surface area contributed by atoms with E-state index in [1.165, 1.54) is 10.6 Å². The van der Waals surface area contributed by atoms with Gasteiger partial charge in [-0.25, -0.2) is 18.0 Å². The summed E-state index contributed by atoms with van der Waals surface area (Å²) in [6, 6.07) is 14.7. The summed E-state index contributed by atoms with van der Waals surface area (Å²) in [4.78, 5) is 41.8. The fourth-order valence-corrected chi connectivity index (χ4v) is 7.15. The van der Waals surface area contributed by atoms with Crippen LogP contribution in [-0.4, -0.2) is 65.9 Å². The molecule has 2 aliphatic heterocycles. The van der Waals surface area contributed by atoms with Crippen LogP contribution in [0.3, 0.4) is 0 Å². The quantitative estimate of drug-likeness (QED) is 0.363. The van der Waals surface area contributed by atoms with Gasteiger partial charge in [0.2, 0.25) is 17.5 Å². The molecule has 228 valence electrons. The highest BCUT2D eigenvalue weighted by atomic mass is 19.1. The Morgan fingerprint density at radius 3 is 2.40 bits per heavy atom. The van der Waals surface area contributed by atoms with Gasteiger partial charge in [0.25, 0.3) is 0 Å². The van der Waals surface area contributed by atoms with E-state index in [1.807, 2.05) is 30.3 Å². The predicted molar refractivity (Wildman–Crippen MR) is 155 cm³/mol. The van der Waals surface area contributed by atoms with Crippen LogP contribution in [-0.2, 0) is 20.1 Å². The molecule has 6 rings (SSSR count). The first-order chi connectivity index (χ1) is 20.8. The van der Waals surface area contributed by atoms with Gasteiger partial charge in [0.1, 0.15) is 18.4 Å². The van der Waals surface area contributed by atoms with Crippen LogP contribution in [0.1, 0.15) is 54.1 Å². The molecule has 3 N–H and O–H groups in total. The van der Waals surface area contributed by atoms with Gasteiger partial charge in [0, 0.05) is 35.5 Å². The van der Waals surface area contributed by atoms with Gasteiger partial charge in [-0.05, 0) is 67.9 Å². The summed E-state index contributed by atoms with van der Waals surface area (Å²) in [6.45, 7) is -2.59. The molecule has 2 amide bonds. The third-order valence-corrected chi connectivity index (χ3v) is 9.47. The number of esters is 1. The molecule has 0 unspecified atom stereocenters. The third-order valence-electron chi connectivity index (χ3n) is 9.47. The normalized spacial score (nSPS) is 25.4. The molecular formula is C32H35F3N4O4. The maximum Gasteiger partial charge on any atom is 0.357 e. The number of alkyl halides is 3. The lowest BCUT2D eigenvalue weighted by Crippen LogP contribution is -2.48. The van der Waals surface area contributed by atoms with Crippen molar-refractivity contribution in [2.45, 2.75) is 55.8 Å². The average molecular weight is 597 g/mol. The Hall–Kier alpha value is -3.86. The van der Waals surface area contributed by atoms with Crippen LogP contribution in [0.15, 0.2) is 54.6 Å². The van der Waals surface area contributed by atoms with E-state index in [-0.39, 0.29) is 35.3 Å². The summed E-state index contributed by atoms with van der Waals surface area (Å²) in [6.07, 6.45) is 3.19. The van der Waals surface area contributed by atoms with Crippen molar-refractivity contribution in [1.29, 1.82) is 0 Å². The predicted octanol–water partition coefficient (Wildman–Crippen LogP) is 4.83. The summed E-state index contributed by atoms with van der Waals surface area (Å²) < 4.78 is 47.1. The molecule has 3 heterocycles. The fourth-order valence-electron chi connectivity index (χ4n) is 7.15. The number of carbonyl (C=O) groups excluding carboxylic acids is 3. The maximum absolute atomic E-state index is 14.0. The van der Waals surface area contributed by atoms with Crippen LogP contribution >= 0.6 is 0 Å². The Balaban J connectivity index is 1.26. The van der Waals surface area contributed by atoms with E-state index in [2.05, 4.69) is 5.32 Å². The Bertz CT molecular complexity index is 1520. The van der Waals surface area contributed by atoms with Gasteiger partial charge >= 0.3 is 5.97 Å². The summed E-state index contributed by atoms with van der Waals surface area (Å²) in [5, 5.41) is 3.47. The van der Waals surface area contributed by atoms with E-state index in [4.69, 9.17) is 10.5 Å². The number of anilines is 1. The topological polar surface area (TPSA) is 107 Å². The van der Waals surface area contributed by atoms with Crippen LogP contribution in [0.25, 0.3) is 10.9 Å². The largest absolute Gasteiger partial charge is 0.428 e. The number of rotatable bonds is 8. The Morgan fingerprint density at radius 1 is 1.00 bits per heavy atom. The van der Waals surface area contributed by atoms with Gasteiger partial charge in [-0.1, -0.05) is 30.3 Å². The van der Waals surface area contributed by atoms with Crippen LogP contribution in [0.4, 0.5) is 18.9 Å². The number of nitrogens with zero attached hydrogens (tertiary/aromatic N) is 2. The molecule has 3 atom stereocenters. The van der Waals surface area contributed by atoms with Crippen molar-refractivity contribution < 1.29 is 32.3 Å². The first-order valence-corrected chi connectivity index (χ1v) is 14.8. The molecule has 1 aromatic heterocycles. The molecule has 1 aliphatic carbocycles. The lowest BCUT2D eigenvalue weighted by Gasteiger charge is -2.35. The minimum absolute atomic E-state index is 0.0349. The van der Waals surface area contributed by atoms with E-state index in [9.17, 15) is 27.6 Å². The van der Waals surface area contributed by atoms with E-state index in [0.29, 0.717) is 55.2 Å². The number of ether oxygens (including phenoxy) is 1. The number of carbonyl (C=O) groups is 3. The molecule has 3 aliphatic rings. The van der Waals surface area contributed by atoms with Gasteiger partial charge in [0.05, 0.1) is 5.52 Å². The summed E-state index contributed by atoms with van der Waals surface area (Å²) in [5.41, 5.74) is 5.70. The molecule has 0 bridgehead atoms. The maximum atomic E-state index is 14.0. The van der Waals surface area contributed by atoms with Gasteiger partial charge in [-0.15, -0.1) is 0 Å². The number of cyclic esters (lactones) is 1. The molecule has 43 heavy (non-hydrogen) atoms. The number of benzene rings is 2. The first-order valence-electron chi connectivity index (χ1n) is 14.8. The Kier molecular flexibility index (Phi) is 7.93. The molecule has 3 aromatic rings. The number of hydrogen-bond acceptors (Lipinski definition) is 5. The van der Waals surface area contributed by atoms with Crippen molar-refractivity contribution in [1.82, 2.24) is 9.47 Å². The van der Waals surface area contributed by atoms with Crippen molar-refractivity contribution in [3.8, 4) is 0 Å². The second-order valence-corrected chi connectivity index (χ2v) is 11.9. The van der Waals surface area contributed by atoms with Gasteiger partial charge in [-0.2, -0.15) is 0 Å². The van der Waals surface area contributed by atoms with Crippen LogP contribution in [0, 0.1) is 11.8 Å². The first kappa shape index (κ1) is 29.2. The summed E-state index contributed by atoms with van der Waals surface area (Å²) >= 11 is 0. The minimum Gasteiger partial charge on any atom is -0.428 e. The molecular weight excluding hydrogens is 561 g/mol. The fraction of sp³-hybridized carbons (Fsp3) is 0.469. The minimum atomic E-state index is -2.04. The second-order valence-electron chi connectivity index (χ2n) is 11.9. The van der Waals surface area contributed by atoms with E-state index in [0.717, 1.165) is 5.56 Å². The number of likely N-dealkylation sites (tertiary alicyclic amines) is 1. The lowest BCUT2D eigenvalue weighted by atomic mass is 9.78. The molecule has 1 saturated carbocycles. The van der Waals surface area contributed by atoms with Crippen molar-refractivity contribution in [3.05, 3.63) is 65.9 Å². The summed E-state index contributed by atoms with van der Waals surface area (Å²) in [7, 11) is 0. The number of nitrogens with two attached hydrogens (primary N) is 1. The summed E-state index contributed by atoms with van der Waals surface area (Å²) in [5.74, 6) is -1.65. The third kappa shape index (κ3) is 5.07. The smallest absolute Gasteiger partial charge is 0.357 e. The van der Waals surface area contributed by atoms with Crippen LogP contribution in [0.5, 0.6) is 0 Å². The highest BCUT2D eigenvalue weighted by Gasteiger charge is 2.48. The zero-order valence-corrected chi connectivity index (χ0v) is 23.7. The highest BCUT2D eigenvalue weighted by Crippen LogP contribution is 2.40. The Labute approximate surface area is 247 Å². The molecule has 11 heteroatoms. The van der Waals surface area contributed by atoms with E-state index >= 15 is 0 Å². The monoisotopic (exact) mass is 596 g/mol. The van der Waals surface area contributed by atoms with Crippen molar-refractivity contribution in [3.63, 3.8) is 0 Å². The number of hydrogen-bond donors (Lipinski definition) is 2. The molecule has 0 spiro atoms. The van der Waals surface area contributed by atoms with E-state index in [1.54, 1.807) is 23.1 Å². The molecule has 2 fully saturated rings. The van der Waals surface area contributed by atoms with Crippen LogP contribution in [0.2, 0.25) is 0 Å². The second kappa shape index (κ2) is 11.7. The average Bonchev–Trinajstić information content (AvgIpc) is 3.73. The van der Waals surface area contributed by atoms with Crippen molar-refractivity contribution in [2.75, 3.05) is 31.9 Å². The van der Waals surface area contributed by atoms with Gasteiger partial charge in [0.15, 0.2) is 13.3 Å². The Morgan fingerprint density at radius 2 is 1.72 bits per heavy atom. The number of amides is 2.